The van der Waals surface area contributed by atoms with Gasteiger partial charge in [0, 0.05) is 22.9 Å². The van der Waals surface area contributed by atoms with Crippen LogP contribution in [0, 0.1) is 0 Å². The number of carbonyl (C=O) groups is 1. The molecule has 0 radical (unpaired) electrons. The Balaban J connectivity index is 1.56. The summed E-state index contributed by atoms with van der Waals surface area (Å²) < 4.78 is 11.2. The van der Waals surface area contributed by atoms with Crippen molar-refractivity contribution in [3.05, 3.63) is 59.1 Å². The molecule has 1 fully saturated rings. The summed E-state index contributed by atoms with van der Waals surface area (Å²) in [5.41, 5.74) is 1.23. The Morgan fingerprint density at radius 2 is 2.09 bits per heavy atom. The van der Waals surface area contributed by atoms with Crippen LogP contribution in [0.3, 0.4) is 0 Å². The van der Waals surface area contributed by atoms with Crippen molar-refractivity contribution in [1.29, 1.82) is 0 Å². The largest absolute Gasteiger partial charge is 0.491 e. The summed E-state index contributed by atoms with van der Waals surface area (Å²) >= 11 is 5.91. The molecule has 2 aromatic carbocycles. The van der Waals surface area contributed by atoms with E-state index in [0.717, 1.165) is 25.2 Å². The van der Waals surface area contributed by atoms with Crippen molar-refractivity contribution < 1.29 is 14.3 Å². The molecule has 1 unspecified atom stereocenters. The summed E-state index contributed by atoms with van der Waals surface area (Å²) in [6.07, 6.45) is 2.32. The summed E-state index contributed by atoms with van der Waals surface area (Å²) in [5.74, 6) is 0.553. The molecular weight excluding hydrogens is 314 g/mol. The maximum absolute atomic E-state index is 12.2. The average molecular weight is 332 g/mol. The van der Waals surface area contributed by atoms with Gasteiger partial charge in [-0.25, -0.2) is 0 Å². The standard InChI is InChI=1S/C18H18ClNO3/c19-14-3-1-4-15(11-14)20-18(21)13-6-8-16(9-7-13)23-12-17-5-2-10-22-17/h1,3-4,6-9,11,17H,2,5,10,12H2,(H,20,21). The zero-order valence-electron chi connectivity index (χ0n) is 12.6. The molecule has 2 aromatic rings. The highest BCUT2D eigenvalue weighted by Gasteiger charge is 2.16. The fourth-order valence-corrected chi connectivity index (χ4v) is 2.63. The smallest absolute Gasteiger partial charge is 0.255 e. The number of nitrogens with one attached hydrogen (secondary N) is 1. The highest BCUT2D eigenvalue weighted by molar-refractivity contribution is 6.30. The van der Waals surface area contributed by atoms with Crippen molar-refractivity contribution in [3.63, 3.8) is 0 Å². The number of hydrogen-bond acceptors (Lipinski definition) is 3. The van der Waals surface area contributed by atoms with Crippen LogP contribution in [0.1, 0.15) is 23.2 Å². The van der Waals surface area contributed by atoms with Crippen molar-refractivity contribution in [3.8, 4) is 5.75 Å². The van der Waals surface area contributed by atoms with Gasteiger partial charge in [0.1, 0.15) is 12.4 Å². The molecule has 0 bridgehead atoms. The molecule has 1 aliphatic rings. The number of anilines is 1. The van der Waals surface area contributed by atoms with Gasteiger partial charge < -0.3 is 14.8 Å². The second-order valence-corrected chi connectivity index (χ2v) is 5.87. The maximum atomic E-state index is 12.2. The van der Waals surface area contributed by atoms with Crippen molar-refractivity contribution in [2.75, 3.05) is 18.5 Å². The Kier molecular flexibility index (Phi) is 5.16. The first-order valence-electron chi connectivity index (χ1n) is 7.62. The van der Waals surface area contributed by atoms with Crippen molar-refractivity contribution in [1.82, 2.24) is 0 Å². The van der Waals surface area contributed by atoms with Gasteiger partial charge in [0.2, 0.25) is 0 Å². The van der Waals surface area contributed by atoms with Gasteiger partial charge in [0.15, 0.2) is 0 Å². The van der Waals surface area contributed by atoms with Crippen LogP contribution >= 0.6 is 11.6 Å². The molecule has 1 amide bonds. The molecule has 1 atom stereocenters. The second-order valence-electron chi connectivity index (χ2n) is 5.43. The Hall–Kier alpha value is -2.04. The molecular formula is C18H18ClNO3. The zero-order chi connectivity index (χ0) is 16.1. The van der Waals surface area contributed by atoms with Gasteiger partial charge in [-0.1, -0.05) is 17.7 Å². The van der Waals surface area contributed by atoms with E-state index in [1.807, 2.05) is 0 Å². The molecule has 120 valence electrons. The highest BCUT2D eigenvalue weighted by atomic mass is 35.5. The van der Waals surface area contributed by atoms with E-state index in [1.54, 1.807) is 48.5 Å². The van der Waals surface area contributed by atoms with E-state index in [4.69, 9.17) is 21.1 Å². The van der Waals surface area contributed by atoms with Crippen LogP contribution < -0.4 is 10.1 Å². The Labute approximate surface area is 140 Å². The first kappa shape index (κ1) is 15.8. The number of carbonyl (C=O) groups excluding carboxylic acids is 1. The van der Waals surface area contributed by atoms with E-state index < -0.39 is 0 Å². The van der Waals surface area contributed by atoms with Gasteiger partial charge in [-0.15, -0.1) is 0 Å². The number of rotatable bonds is 5. The predicted octanol–water partition coefficient (Wildman–Crippen LogP) is 4.15. The van der Waals surface area contributed by atoms with E-state index >= 15 is 0 Å². The summed E-state index contributed by atoms with van der Waals surface area (Å²) in [6, 6.07) is 14.1. The van der Waals surface area contributed by atoms with Gasteiger partial charge in [-0.2, -0.15) is 0 Å². The minimum absolute atomic E-state index is 0.181. The third kappa shape index (κ3) is 4.47. The lowest BCUT2D eigenvalue weighted by Crippen LogP contribution is -2.16. The van der Waals surface area contributed by atoms with Crippen LogP contribution in [-0.2, 0) is 4.74 Å². The van der Waals surface area contributed by atoms with Crippen LogP contribution in [0.5, 0.6) is 5.75 Å². The Bertz CT molecular complexity index is 666. The average Bonchev–Trinajstić information content (AvgIpc) is 3.07. The quantitative estimate of drug-likeness (QED) is 0.895. The van der Waals surface area contributed by atoms with E-state index in [2.05, 4.69) is 5.32 Å². The number of ether oxygens (including phenoxy) is 2. The van der Waals surface area contributed by atoms with Gasteiger partial charge in [-0.05, 0) is 55.3 Å². The molecule has 3 rings (SSSR count). The van der Waals surface area contributed by atoms with Gasteiger partial charge in [0.25, 0.3) is 5.91 Å². The molecule has 0 saturated carbocycles. The monoisotopic (exact) mass is 331 g/mol. The van der Waals surface area contributed by atoms with Crippen LogP contribution in [0.25, 0.3) is 0 Å². The first-order chi connectivity index (χ1) is 11.2. The zero-order valence-corrected chi connectivity index (χ0v) is 13.4. The topological polar surface area (TPSA) is 47.6 Å². The second kappa shape index (κ2) is 7.49. The molecule has 1 saturated heterocycles. The maximum Gasteiger partial charge on any atom is 0.255 e. The minimum atomic E-state index is -0.182. The van der Waals surface area contributed by atoms with Crippen LogP contribution in [0.4, 0.5) is 5.69 Å². The third-order valence-electron chi connectivity index (χ3n) is 3.66. The SMILES string of the molecule is O=C(Nc1cccc(Cl)c1)c1ccc(OCC2CCCO2)cc1. The van der Waals surface area contributed by atoms with E-state index in [-0.39, 0.29) is 12.0 Å². The fourth-order valence-electron chi connectivity index (χ4n) is 2.44. The molecule has 1 aliphatic heterocycles. The van der Waals surface area contributed by atoms with Crippen molar-refractivity contribution in [2.24, 2.45) is 0 Å². The van der Waals surface area contributed by atoms with Gasteiger partial charge >= 0.3 is 0 Å². The van der Waals surface area contributed by atoms with Crippen LogP contribution in [-0.4, -0.2) is 25.2 Å². The third-order valence-corrected chi connectivity index (χ3v) is 3.89. The minimum Gasteiger partial charge on any atom is -0.491 e. The molecule has 5 heteroatoms. The summed E-state index contributed by atoms with van der Waals surface area (Å²) in [6.45, 7) is 1.37. The fraction of sp³-hybridized carbons (Fsp3) is 0.278. The lowest BCUT2D eigenvalue weighted by atomic mass is 10.2. The van der Waals surface area contributed by atoms with Crippen molar-refractivity contribution in [2.45, 2.75) is 18.9 Å². The summed E-state index contributed by atoms with van der Waals surface area (Å²) in [7, 11) is 0. The molecule has 23 heavy (non-hydrogen) atoms. The molecule has 1 N–H and O–H groups in total. The summed E-state index contributed by atoms with van der Waals surface area (Å²) in [4.78, 5) is 12.2. The van der Waals surface area contributed by atoms with E-state index in [1.165, 1.54) is 0 Å². The number of amides is 1. The molecule has 4 nitrogen and oxygen atoms in total. The normalized spacial score (nSPS) is 17.0. The summed E-state index contributed by atoms with van der Waals surface area (Å²) in [5, 5.41) is 3.40. The molecule has 0 spiro atoms. The Morgan fingerprint density at radius 3 is 2.78 bits per heavy atom. The molecule has 1 heterocycles. The van der Waals surface area contributed by atoms with E-state index in [0.29, 0.717) is 22.9 Å². The first-order valence-corrected chi connectivity index (χ1v) is 8.00. The lowest BCUT2D eigenvalue weighted by Gasteiger charge is -2.12. The predicted molar refractivity (Wildman–Crippen MR) is 90.3 cm³/mol. The van der Waals surface area contributed by atoms with Crippen LogP contribution in [0.15, 0.2) is 48.5 Å². The number of halogens is 1. The Morgan fingerprint density at radius 1 is 1.26 bits per heavy atom. The molecule has 0 aromatic heterocycles. The lowest BCUT2D eigenvalue weighted by molar-refractivity contribution is 0.0679. The number of hydrogen-bond donors (Lipinski definition) is 1. The molecule has 0 aliphatic carbocycles. The van der Waals surface area contributed by atoms with Gasteiger partial charge in [0.05, 0.1) is 6.10 Å². The van der Waals surface area contributed by atoms with Crippen LogP contribution in [0.2, 0.25) is 5.02 Å². The number of benzene rings is 2. The highest BCUT2D eigenvalue weighted by Crippen LogP contribution is 2.18. The van der Waals surface area contributed by atoms with Crippen molar-refractivity contribution >= 4 is 23.2 Å². The van der Waals surface area contributed by atoms with E-state index in [9.17, 15) is 4.79 Å². The van der Waals surface area contributed by atoms with Gasteiger partial charge in [-0.3, -0.25) is 4.79 Å².